The van der Waals surface area contributed by atoms with Gasteiger partial charge in [-0.05, 0) is 61.1 Å². The summed E-state index contributed by atoms with van der Waals surface area (Å²) < 4.78 is 16.8. The van der Waals surface area contributed by atoms with Crippen LogP contribution in [0.4, 0.5) is 0 Å². The van der Waals surface area contributed by atoms with Gasteiger partial charge in [-0.3, -0.25) is 0 Å². The number of carboxylic acids is 1. The number of para-hydroxylation sites is 1. The van der Waals surface area contributed by atoms with Crippen molar-refractivity contribution >= 4 is 5.97 Å². The molecular weight excluding hydrogens is 368 g/mol. The zero-order chi connectivity index (χ0) is 21.1. The molecule has 2 rings (SSSR count). The Hall–Kier alpha value is -2.69. The highest BCUT2D eigenvalue weighted by molar-refractivity contribution is 5.88. The van der Waals surface area contributed by atoms with Gasteiger partial charge in [0.25, 0.3) is 0 Å². The minimum Gasteiger partial charge on any atom is -0.493 e. The molecule has 2 aromatic rings. The number of rotatable bonds is 13. The molecule has 0 radical (unpaired) electrons. The van der Waals surface area contributed by atoms with Crippen molar-refractivity contribution in [3.05, 3.63) is 53.1 Å². The summed E-state index contributed by atoms with van der Waals surface area (Å²) in [5.74, 6) is 1.50. The molecule has 5 nitrogen and oxygen atoms in total. The summed E-state index contributed by atoms with van der Waals surface area (Å²) >= 11 is 0. The number of benzene rings is 2. The second kappa shape index (κ2) is 12.0. The molecule has 0 atom stereocenters. The van der Waals surface area contributed by atoms with E-state index in [0.717, 1.165) is 67.8 Å². The number of hydrogen-bond acceptors (Lipinski definition) is 4. The molecule has 0 fully saturated rings. The molecular formula is C24H32O5. The highest BCUT2D eigenvalue weighted by Gasteiger charge is 2.10. The van der Waals surface area contributed by atoms with Gasteiger partial charge < -0.3 is 19.3 Å². The monoisotopic (exact) mass is 400 g/mol. The lowest BCUT2D eigenvalue weighted by Gasteiger charge is -2.13. The predicted molar refractivity (Wildman–Crippen MR) is 115 cm³/mol. The Bertz CT molecular complexity index is 785. The van der Waals surface area contributed by atoms with Crippen molar-refractivity contribution in [2.24, 2.45) is 0 Å². The number of carbonyl (C=O) groups is 1. The van der Waals surface area contributed by atoms with E-state index in [1.165, 1.54) is 5.56 Å². The van der Waals surface area contributed by atoms with Crippen LogP contribution >= 0.6 is 0 Å². The van der Waals surface area contributed by atoms with Crippen LogP contribution in [0.2, 0.25) is 0 Å². The smallest absolute Gasteiger partial charge is 0.335 e. The number of aryl methyl sites for hydroxylation is 2. The average molecular weight is 401 g/mol. The highest BCUT2D eigenvalue weighted by atomic mass is 16.5. The average Bonchev–Trinajstić information content (AvgIpc) is 2.73. The lowest BCUT2D eigenvalue weighted by molar-refractivity contribution is 0.0696. The maximum Gasteiger partial charge on any atom is 0.335 e. The van der Waals surface area contributed by atoms with Gasteiger partial charge in [0.1, 0.15) is 5.75 Å². The van der Waals surface area contributed by atoms with Gasteiger partial charge >= 0.3 is 5.97 Å². The maximum atomic E-state index is 11.2. The summed E-state index contributed by atoms with van der Waals surface area (Å²) in [5.41, 5.74) is 2.46. The lowest BCUT2D eigenvalue weighted by atomic mass is 10.0. The quantitative estimate of drug-likeness (QED) is 0.448. The Labute approximate surface area is 173 Å². The van der Waals surface area contributed by atoms with Crippen LogP contribution in [0.3, 0.4) is 0 Å². The minimum absolute atomic E-state index is 0.314. The van der Waals surface area contributed by atoms with Crippen molar-refractivity contribution in [3.63, 3.8) is 0 Å². The molecule has 0 aliphatic carbocycles. The molecule has 2 aromatic carbocycles. The van der Waals surface area contributed by atoms with E-state index in [9.17, 15) is 4.79 Å². The molecule has 158 valence electrons. The fourth-order valence-corrected chi connectivity index (χ4v) is 3.42. The molecule has 0 aliphatic rings. The summed E-state index contributed by atoms with van der Waals surface area (Å²) in [7, 11) is 3.33. The first-order valence-corrected chi connectivity index (χ1v) is 10.3. The van der Waals surface area contributed by atoms with E-state index in [1.54, 1.807) is 32.4 Å². The van der Waals surface area contributed by atoms with Gasteiger partial charge in [-0.2, -0.15) is 0 Å². The first-order valence-electron chi connectivity index (χ1n) is 10.3. The molecule has 5 heteroatoms. The van der Waals surface area contributed by atoms with E-state index >= 15 is 0 Å². The van der Waals surface area contributed by atoms with Crippen LogP contribution in [0, 0.1) is 0 Å². The molecule has 0 saturated carbocycles. The minimum atomic E-state index is -0.901. The van der Waals surface area contributed by atoms with E-state index in [4.69, 9.17) is 19.3 Å². The first-order chi connectivity index (χ1) is 14.1. The Morgan fingerprint density at radius 3 is 2.38 bits per heavy atom. The number of ether oxygens (including phenoxy) is 3. The van der Waals surface area contributed by atoms with Crippen LogP contribution in [-0.2, 0) is 12.8 Å². The van der Waals surface area contributed by atoms with Crippen molar-refractivity contribution in [1.82, 2.24) is 0 Å². The lowest BCUT2D eigenvalue weighted by Crippen LogP contribution is -2.03. The highest BCUT2D eigenvalue weighted by Crippen LogP contribution is 2.31. The number of aromatic carboxylic acids is 1. The summed E-state index contributed by atoms with van der Waals surface area (Å²) in [5, 5.41) is 9.15. The predicted octanol–water partition coefficient (Wildman–Crippen LogP) is 5.54. The largest absolute Gasteiger partial charge is 0.493 e. The van der Waals surface area contributed by atoms with Gasteiger partial charge in [0, 0.05) is 0 Å². The molecule has 0 aromatic heterocycles. The second-order valence-electron chi connectivity index (χ2n) is 7.04. The Morgan fingerprint density at radius 2 is 1.69 bits per heavy atom. The molecule has 1 N–H and O–H groups in total. The first kappa shape index (κ1) is 22.6. The van der Waals surface area contributed by atoms with Gasteiger partial charge in [0.2, 0.25) is 0 Å². The summed E-state index contributed by atoms with van der Waals surface area (Å²) in [4.78, 5) is 11.2. The number of unbranched alkanes of at least 4 members (excludes halogenated alkanes) is 3. The van der Waals surface area contributed by atoms with Gasteiger partial charge in [0.15, 0.2) is 11.5 Å². The van der Waals surface area contributed by atoms with Crippen molar-refractivity contribution in [3.8, 4) is 17.2 Å². The van der Waals surface area contributed by atoms with Gasteiger partial charge in [0.05, 0.1) is 26.4 Å². The van der Waals surface area contributed by atoms with Gasteiger partial charge in [-0.25, -0.2) is 4.79 Å². The molecule has 0 unspecified atom stereocenters. The summed E-state index contributed by atoms with van der Waals surface area (Å²) in [6.07, 6.45) is 6.98. The Balaban J connectivity index is 1.75. The van der Waals surface area contributed by atoms with E-state index in [1.807, 2.05) is 12.1 Å². The van der Waals surface area contributed by atoms with Crippen LogP contribution in [0.15, 0.2) is 36.4 Å². The standard InChI is InChI=1S/C24H32O5/c1-4-10-19-17-20(24(25)26)14-15-21(19)29-16-8-6-5-7-11-18-12-9-13-22(27-2)23(18)28-3/h9,12-15,17H,4-8,10-11,16H2,1-3H3,(H,25,26). The Kier molecular flexibility index (Phi) is 9.35. The number of methoxy groups -OCH3 is 2. The molecule has 29 heavy (non-hydrogen) atoms. The van der Waals surface area contributed by atoms with Crippen LogP contribution < -0.4 is 14.2 Å². The van der Waals surface area contributed by atoms with E-state index < -0.39 is 5.97 Å². The zero-order valence-electron chi connectivity index (χ0n) is 17.7. The fourth-order valence-electron chi connectivity index (χ4n) is 3.42. The van der Waals surface area contributed by atoms with Crippen molar-refractivity contribution in [2.75, 3.05) is 20.8 Å². The molecule has 0 heterocycles. The zero-order valence-corrected chi connectivity index (χ0v) is 17.7. The third-order valence-corrected chi connectivity index (χ3v) is 4.91. The molecule has 0 bridgehead atoms. The van der Waals surface area contributed by atoms with Crippen LogP contribution in [-0.4, -0.2) is 31.9 Å². The molecule has 0 aliphatic heterocycles. The second-order valence-corrected chi connectivity index (χ2v) is 7.04. The maximum absolute atomic E-state index is 11.2. The number of hydrogen-bond donors (Lipinski definition) is 1. The topological polar surface area (TPSA) is 65.0 Å². The summed E-state index contributed by atoms with van der Waals surface area (Å²) in [6, 6.07) is 11.1. The molecule has 0 saturated heterocycles. The number of carboxylic acid groups (broad SMARTS) is 1. The normalized spacial score (nSPS) is 10.6. The fraction of sp³-hybridized carbons (Fsp3) is 0.458. The van der Waals surface area contributed by atoms with Crippen LogP contribution in [0.5, 0.6) is 17.2 Å². The molecule has 0 spiro atoms. The van der Waals surface area contributed by atoms with Crippen molar-refractivity contribution in [1.29, 1.82) is 0 Å². The Morgan fingerprint density at radius 1 is 0.897 bits per heavy atom. The van der Waals surface area contributed by atoms with Gasteiger partial charge in [-0.1, -0.05) is 38.3 Å². The van der Waals surface area contributed by atoms with Crippen molar-refractivity contribution in [2.45, 2.75) is 51.9 Å². The molecule has 0 amide bonds. The van der Waals surface area contributed by atoms with Crippen LogP contribution in [0.1, 0.15) is 60.5 Å². The van der Waals surface area contributed by atoms with Gasteiger partial charge in [-0.15, -0.1) is 0 Å². The third kappa shape index (κ3) is 6.70. The van der Waals surface area contributed by atoms with Crippen molar-refractivity contribution < 1.29 is 24.1 Å². The third-order valence-electron chi connectivity index (χ3n) is 4.91. The van der Waals surface area contributed by atoms with E-state index in [2.05, 4.69) is 13.0 Å². The van der Waals surface area contributed by atoms with E-state index in [-0.39, 0.29) is 0 Å². The van der Waals surface area contributed by atoms with E-state index in [0.29, 0.717) is 12.2 Å². The van der Waals surface area contributed by atoms with Crippen LogP contribution in [0.25, 0.3) is 0 Å². The summed E-state index contributed by atoms with van der Waals surface area (Å²) in [6.45, 7) is 2.72. The SMILES string of the molecule is CCCc1cc(C(=O)O)ccc1OCCCCCCc1cccc(OC)c1OC.